The van der Waals surface area contributed by atoms with Crippen LogP contribution in [0.3, 0.4) is 0 Å². The Bertz CT molecular complexity index is 862. The van der Waals surface area contributed by atoms with Crippen molar-refractivity contribution in [1.29, 1.82) is 0 Å². The summed E-state index contributed by atoms with van der Waals surface area (Å²) < 4.78 is 10.7. The van der Waals surface area contributed by atoms with Crippen LogP contribution in [0.2, 0.25) is 0 Å². The molecule has 0 radical (unpaired) electrons. The highest BCUT2D eigenvalue weighted by Crippen LogP contribution is 2.22. The molecular weight excluding hydrogens is 318 g/mol. The van der Waals surface area contributed by atoms with E-state index in [1.54, 1.807) is 0 Å². The number of amides is 1. The number of nitrogens with zero attached hydrogens (tertiary/aromatic N) is 2. The van der Waals surface area contributed by atoms with Gasteiger partial charge in [0, 0.05) is 24.6 Å². The van der Waals surface area contributed by atoms with Crippen molar-refractivity contribution in [1.82, 2.24) is 15.5 Å². The van der Waals surface area contributed by atoms with Crippen molar-refractivity contribution in [2.24, 2.45) is 0 Å². The van der Waals surface area contributed by atoms with Gasteiger partial charge in [-0.25, -0.2) is 4.98 Å². The van der Waals surface area contributed by atoms with Crippen molar-refractivity contribution in [2.45, 2.75) is 33.6 Å². The molecule has 2 aromatic heterocycles. The molecule has 0 atom stereocenters. The lowest BCUT2D eigenvalue weighted by molar-refractivity contribution is -0.120. The zero-order valence-electron chi connectivity index (χ0n) is 14.6. The SMILES string of the molecule is Cc1ccc(-c2nc(CC(=O)NCCc3cc(C)on3)c(C)o2)cc1. The summed E-state index contributed by atoms with van der Waals surface area (Å²) >= 11 is 0. The number of benzene rings is 1. The molecule has 0 fully saturated rings. The molecule has 6 nitrogen and oxygen atoms in total. The normalized spacial score (nSPS) is 10.8. The second kappa shape index (κ2) is 7.34. The zero-order valence-corrected chi connectivity index (χ0v) is 14.6. The van der Waals surface area contributed by atoms with Crippen LogP contribution in [0.1, 0.15) is 28.5 Å². The predicted molar refractivity (Wildman–Crippen MR) is 93.1 cm³/mol. The topological polar surface area (TPSA) is 81.2 Å². The van der Waals surface area contributed by atoms with Gasteiger partial charge in [0.1, 0.15) is 11.5 Å². The average molecular weight is 339 g/mol. The highest BCUT2D eigenvalue weighted by molar-refractivity contribution is 5.78. The van der Waals surface area contributed by atoms with Gasteiger partial charge in [-0.15, -0.1) is 0 Å². The van der Waals surface area contributed by atoms with Crippen LogP contribution < -0.4 is 5.32 Å². The zero-order chi connectivity index (χ0) is 17.8. The molecule has 0 aliphatic heterocycles. The van der Waals surface area contributed by atoms with Crippen molar-refractivity contribution >= 4 is 5.91 Å². The number of aromatic nitrogens is 2. The van der Waals surface area contributed by atoms with Crippen molar-refractivity contribution in [3.63, 3.8) is 0 Å². The summed E-state index contributed by atoms with van der Waals surface area (Å²) in [7, 11) is 0. The van der Waals surface area contributed by atoms with Gasteiger partial charge in [0.25, 0.3) is 0 Å². The molecule has 3 aromatic rings. The first-order valence-corrected chi connectivity index (χ1v) is 8.23. The molecule has 1 N–H and O–H groups in total. The van der Waals surface area contributed by atoms with E-state index >= 15 is 0 Å². The summed E-state index contributed by atoms with van der Waals surface area (Å²) in [5.74, 6) is 1.88. The van der Waals surface area contributed by atoms with Crippen LogP contribution in [0.15, 0.2) is 39.3 Å². The maximum absolute atomic E-state index is 12.1. The minimum Gasteiger partial charge on any atom is -0.441 e. The van der Waals surface area contributed by atoms with Gasteiger partial charge in [-0.3, -0.25) is 4.79 Å². The second-order valence-corrected chi connectivity index (χ2v) is 6.09. The summed E-state index contributed by atoms with van der Waals surface area (Å²) in [4.78, 5) is 16.6. The smallest absolute Gasteiger partial charge is 0.226 e. The number of rotatable bonds is 6. The third-order valence-corrected chi connectivity index (χ3v) is 3.90. The second-order valence-electron chi connectivity index (χ2n) is 6.09. The molecule has 130 valence electrons. The van der Waals surface area contributed by atoms with Crippen molar-refractivity contribution in [3.8, 4) is 11.5 Å². The van der Waals surface area contributed by atoms with Crippen LogP contribution in [0.4, 0.5) is 0 Å². The molecule has 0 saturated carbocycles. The molecule has 3 rings (SSSR count). The van der Waals surface area contributed by atoms with Crippen molar-refractivity contribution < 1.29 is 13.7 Å². The van der Waals surface area contributed by atoms with Crippen LogP contribution in [-0.4, -0.2) is 22.6 Å². The number of oxazole rings is 1. The summed E-state index contributed by atoms with van der Waals surface area (Å²) in [5.41, 5.74) is 3.57. The van der Waals surface area contributed by atoms with Gasteiger partial charge in [0.05, 0.1) is 17.8 Å². The van der Waals surface area contributed by atoms with E-state index < -0.39 is 0 Å². The van der Waals surface area contributed by atoms with Crippen LogP contribution in [0.5, 0.6) is 0 Å². The number of nitrogens with one attached hydrogen (secondary N) is 1. The molecule has 0 saturated heterocycles. The Morgan fingerprint density at radius 3 is 2.60 bits per heavy atom. The minimum atomic E-state index is -0.0907. The maximum Gasteiger partial charge on any atom is 0.226 e. The van der Waals surface area contributed by atoms with E-state index in [-0.39, 0.29) is 12.3 Å². The molecule has 0 aliphatic rings. The van der Waals surface area contributed by atoms with Crippen LogP contribution in [0.25, 0.3) is 11.5 Å². The van der Waals surface area contributed by atoms with Crippen LogP contribution >= 0.6 is 0 Å². The van der Waals surface area contributed by atoms with E-state index in [0.29, 0.717) is 30.3 Å². The summed E-state index contributed by atoms with van der Waals surface area (Å²) in [6.07, 6.45) is 0.828. The standard InChI is InChI=1S/C19H21N3O3/c1-12-4-6-15(7-5-12)19-21-17(14(3)24-19)11-18(23)20-9-8-16-10-13(2)25-22-16/h4-7,10H,8-9,11H2,1-3H3,(H,20,23). The predicted octanol–water partition coefficient (Wildman–Crippen LogP) is 3.16. The van der Waals surface area contributed by atoms with Gasteiger partial charge in [-0.2, -0.15) is 0 Å². The van der Waals surface area contributed by atoms with Crippen molar-refractivity contribution in [2.75, 3.05) is 6.54 Å². The molecule has 0 spiro atoms. The fourth-order valence-electron chi connectivity index (χ4n) is 2.49. The third kappa shape index (κ3) is 4.35. The fourth-order valence-corrected chi connectivity index (χ4v) is 2.49. The van der Waals surface area contributed by atoms with Gasteiger partial charge in [0.2, 0.25) is 11.8 Å². The summed E-state index contributed by atoms with van der Waals surface area (Å²) in [5, 5.41) is 6.77. The number of hydrogen-bond donors (Lipinski definition) is 1. The molecule has 25 heavy (non-hydrogen) atoms. The van der Waals surface area contributed by atoms with Gasteiger partial charge < -0.3 is 14.3 Å². The first-order chi connectivity index (χ1) is 12.0. The largest absolute Gasteiger partial charge is 0.441 e. The first-order valence-electron chi connectivity index (χ1n) is 8.23. The fraction of sp³-hybridized carbons (Fsp3) is 0.316. The first kappa shape index (κ1) is 17.0. The minimum absolute atomic E-state index is 0.0907. The summed E-state index contributed by atoms with van der Waals surface area (Å²) in [6.45, 7) is 6.20. The lowest BCUT2D eigenvalue weighted by Gasteiger charge is -2.02. The van der Waals surface area contributed by atoms with Gasteiger partial charge in [-0.05, 0) is 32.9 Å². The van der Waals surface area contributed by atoms with E-state index in [1.165, 1.54) is 5.56 Å². The van der Waals surface area contributed by atoms with E-state index in [1.807, 2.05) is 51.1 Å². The highest BCUT2D eigenvalue weighted by Gasteiger charge is 2.14. The Kier molecular flexibility index (Phi) is 4.97. The molecule has 2 heterocycles. The summed E-state index contributed by atoms with van der Waals surface area (Å²) in [6, 6.07) is 9.80. The Balaban J connectivity index is 1.57. The molecular formula is C19H21N3O3. The van der Waals surface area contributed by atoms with Crippen molar-refractivity contribution in [3.05, 3.63) is 58.8 Å². The van der Waals surface area contributed by atoms with Gasteiger partial charge in [0.15, 0.2) is 0 Å². The number of carbonyl (C=O) groups excluding carboxylic acids is 1. The molecule has 6 heteroatoms. The van der Waals surface area contributed by atoms with Crippen LogP contribution in [0, 0.1) is 20.8 Å². The van der Waals surface area contributed by atoms with Gasteiger partial charge >= 0.3 is 0 Å². The Morgan fingerprint density at radius 2 is 1.92 bits per heavy atom. The molecule has 0 unspecified atom stereocenters. The molecule has 1 amide bonds. The van der Waals surface area contributed by atoms with Crippen LogP contribution in [-0.2, 0) is 17.6 Å². The number of carbonyl (C=O) groups is 1. The number of hydrogen-bond acceptors (Lipinski definition) is 5. The van der Waals surface area contributed by atoms with E-state index in [9.17, 15) is 4.79 Å². The Morgan fingerprint density at radius 1 is 1.16 bits per heavy atom. The van der Waals surface area contributed by atoms with E-state index in [4.69, 9.17) is 8.94 Å². The maximum atomic E-state index is 12.1. The van der Waals surface area contributed by atoms with E-state index in [2.05, 4.69) is 15.5 Å². The molecule has 1 aromatic carbocycles. The molecule has 0 bridgehead atoms. The monoisotopic (exact) mass is 339 g/mol. The number of aryl methyl sites for hydroxylation is 3. The van der Waals surface area contributed by atoms with Gasteiger partial charge in [-0.1, -0.05) is 22.9 Å². The Labute approximate surface area is 146 Å². The van der Waals surface area contributed by atoms with E-state index in [0.717, 1.165) is 17.0 Å². The lowest BCUT2D eigenvalue weighted by Crippen LogP contribution is -2.27. The third-order valence-electron chi connectivity index (χ3n) is 3.90. The quantitative estimate of drug-likeness (QED) is 0.746. The Hall–Kier alpha value is -2.89. The molecule has 0 aliphatic carbocycles. The lowest BCUT2D eigenvalue weighted by atomic mass is 10.1. The highest BCUT2D eigenvalue weighted by atomic mass is 16.5. The average Bonchev–Trinajstić information content (AvgIpc) is 3.14.